The predicted molar refractivity (Wildman–Crippen MR) is 104 cm³/mol. The van der Waals surface area contributed by atoms with Gasteiger partial charge in [-0.25, -0.2) is 0 Å². The number of hydrogen-bond acceptors (Lipinski definition) is 4. The molecule has 27 heavy (non-hydrogen) atoms. The monoisotopic (exact) mass is 385 g/mol. The average Bonchev–Trinajstić information content (AvgIpc) is 3.02. The minimum atomic E-state index is -0.487. The maximum Gasteiger partial charge on any atom is 0.310 e. The van der Waals surface area contributed by atoms with Crippen molar-refractivity contribution in [1.82, 2.24) is 5.32 Å². The fourth-order valence-electron chi connectivity index (χ4n) is 2.87. The van der Waals surface area contributed by atoms with Crippen molar-refractivity contribution in [3.63, 3.8) is 0 Å². The Kier molecular flexibility index (Phi) is 5.81. The van der Waals surface area contributed by atoms with E-state index in [0.29, 0.717) is 5.02 Å². The van der Waals surface area contributed by atoms with Crippen LogP contribution < -0.4 is 5.32 Å². The second-order valence-electron chi connectivity index (χ2n) is 6.41. The van der Waals surface area contributed by atoms with Crippen LogP contribution in [-0.4, -0.2) is 18.5 Å². The molecule has 5 nitrogen and oxygen atoms in total. The molecule has 0 aliphatic heterocycles. The van der Waals surface area contributed by atoms with Gasteiger partial charge in [0, 0.05) is 16.0 Å². The fraction of sp³-hybridized carbons (Fsp3) is 0.238. The first-order chi connectivity index (χ1) is 12.9. The van der Waals surface area contributed by atoms with Gasteiger partial charge in [-0.1, -0.05) is 41.9 Å². The summed E-state index contributed by atoms with van der Waals surface area (Å²) in [6.07, 6.45) is 1.59. The van der Waals surface area contributed by atoms with Crippen LogP contribution >= 0.6 is 11.6 Å². The first-order valence-corrected chi connectivity index (χ1v) is 8.98. The van der Waals surface area contributed by atoms with E-state index in [1.165, 1.54) is 0 Å². The van der Waals surface area contributed by atoms with Crippen molar-refractivity contribution < 1.29 is 18.7 Å². The van der Waals surface area contributed by atoms with E-state index >= 15 is 0 Å². The van der Waals surface area contributed by atoms with Gasteiger partial charge < -0.3 is 14.5 Å². The number of ether oxygens (including phenoxy) is 1. The number of rotatable bonds is 6. The summed E-state index contributed by atoms with van der Waals surface area (Å²) in [4.78, 5) is 24.1. The van der Waals surface area contributed by atoms with Gasteiger partial charge in [0.2, 0.25) is 0 Å². The zero-order chi connectivity index (χ0) is 19.4. The highest BCUT2D eigenvalue weighted by molar-refractivity contribution is 6.31. The van der Waals surface area contributed by atoms with Gasteiger partial charge in [0.15, 0.2) is 6.61 Å². The Morgan fingerprint density at radius 1 is 1.22 bits per heavy atom. The number of carbonyl (C=O) groups is 2. The van der Waals surface area contributed by atoms with E-state index in [1.54, 1.807) is 12.3 Å². The molecule has 6 heteroatoms. The molecule has 1 aromatic heterocycles. The lowest BCUT2D eigenvalue weighted by molar-refractivity contribution is -0.148. The number of aryl methyl sites for hydroxylation is 1. The van der Waals surface area contributed by atoms with Crippen molar-refractivity contribution in [2.24, 2.45) is 0 Å². The fourth-order valence-corrected chi connectivity index (χ4v) is 3.17. The summed E-state index contributed by atoms with van der Waals surface area (Å²) in [5.74, 6) is -0.873. The molecule has 3 rings (SSSR count). The Labute approximate surface area is 162 Å². The normalized spacial score (nSPS) is 12.0. The van der Waals surface area contributed by atoms with E-state index in [1.807, 2.05) is 50.2 Å². The van der Waals surface area contributed by atoms with Gasteiger partial charge >= 0.3 is 5.97 Å². The number of halogens is 1. The SMILES string of the molecule is Cc1ccc2c(CC(=O)OCC(=O)N[C@H](C)c3ccccc3Cl)coc2c1. The van der Waals surface area contributed by atoms with E-state index in [9.17, 15) is 9.59 Å². The third-order valence-corrected chi connectivity index (χ3v) is 4.60. The molecular formula is C21H20ClNO4. The van der Waals surface area contributed by atoms with Gasteiger partial charge in [-0.3, -0.25) is 9.59 Å². The van der Waals surface area contributed by atoms with Crippen LogP contribution in [0.4, 0.5) is 0 Å². The lowest BCUT2D eigenvalue weighted by Gasteiger charge is -2.15. The zero-order valence-corrected chi connectivity index (χ0v) is 15.9. The standard InChI is InChI=1S/C21H20ClNO4/c1-13-7-8-17-15(11-26-19(17)9-13)10-21(25)27-12-20(24)23-14(2)16-5-3-4-6-18(16)22/h3-9,11,14H,10,12H2,1-2H3,(H,23,24)/t14-/m1/s1. The Balaban J connectivity index is 1.52. The molecule has 1 atom stereocenters. The van der Waals surface area contributed by atoms with Gasteiger partial charge in [0.05, 0.1) is 18.7 Å². The highest BCUT2D eigenvalue weighted by Crippen LogP contribution is 2.23. The minimum absolute atomic E-state index is 0.0450. The second-order valence-corrected chi connectivity index (χ2v) is 6.82. The van der Waals surface area contributed by atoms with E-state index < -0.39 is 5.97 Å². The van der Waals surface area contributed by atoms with Gasteiger partial charge in [0.1, 0.15) is 5.58 Å². The predicted octanol–water partition coefficient (Wildman–Crippen LogP) is 4.36. The number of fused-ring (bicyclic) bond motifs is 1. The average molecular weight is 386 g/mol. The van der Waals surface area contributed by atoms with Gasteiger partial charge in [0.25, 0.3) is 5.91 Å². The van der Waals surface area contributed by atoms with E-state index in [-0.39, 0.29) is 25.0 Å². The topological polar surface area (TPSA) is 68.5 Å². The number of benzene rings is 2. The van der Waals surface area contributed by atoms with Crippen LogP contribution in [0.1, 0.15) is 29.7 Å². The summed E-state index contributed by atoms with van der Waals surface area (Å²) in [5.41, 5.74) is 3.35. The Morgan fingerprint density at radius 3 is 2.78 bits per heavy atom. The maximum atomic E-state index is 12.1. The summed E-state index contributed by atoms with van der Waals surface area (Å²) >= 11 is 6.12. The first kappa shape index (κ1) is 19.0. The van der Waals surface area contributed by atoms with Gasteiger partial charge in [-0.2, -0.15) is 0 Å². The highest BCUT2D eigenvalue weighted by atomic mass is 35.5. The van der Waals surface area contributed by atoms with Crippen molar-refractivity contribution >= 4 is 34.4 Å². The molecule has 0 saturated heterocycles. The molecule has 2 aromatic carbocycles. The van der Waals surface area contributed by atoms with Crippen molar-refractivity contribution in [2.75, 3.05) is 6.61 Å². The molecule has 1 amide bonds. The summed E-state index contributed by atoms with van der Waals surface area (Å²) in [5, 5.41) is 4.21. The number of esters is 1. The summed E-state index contributed by atoms with van der Waals surface area (Å²) in [6.45, 7) is 3.45. The van der Waals surface area contributed by atoms with E-state index in [4.69, 9.17) is 20.8 Å². The molecular weight excluding hydrogens is 366 g/mol. The van der Waals surface area contributed by atoms with Crippen LogP contribution in [0, 0.1) is 6.92 Å². The lowest BCUT2D eigenvalue weighted by atomic mass is 10.1. The first-order valence-electron chi connectivity index (χ1n) is 8.60. The smallest absolute Gasteiger partial charge is 0.310 e. The minimum Gasteiger partial charge on any atom is -0.464 e. The van der Waals surface area contributed by atoms with Gasteiger partial charge in [-0.15, -0.1) is 0 Å². The molecule has 140 valence electrons. The molecule has 1 N–H and O–H groups in total. The third-order valence-electron chi connectivity index (χ3n) is 4.26. The largest absolute Gasteiger partial charge is 0.464 e. The molecule has 0 bridgehead atoms. The zero-order valence-electron chi connectivity index (χ0n) is 15.1. The maximum absolute atomic E-state index is 12.1. The van der Waals surface area contributed by atoms with Crippen LogP contribution in [0.2, 0.25) is 5.02 Å². The Bertz CT molecular complexity index is 979. The summed E-state index contributed by atoms with van der Waals surface area (Å²) in [6, 6.07) is 12.8. The number of hydrogen-bond donors (Lipinski definition) is 1. The quantitative estimate of drug-likeness (QED) is 0.640. The molecule has 0 unspecified atom stereocenters. The van der Waals surface area contributed by atoms with Crippen LogP contribution in [0.25, 0.3) is 11.0 Å². The van der Waals surface area contributed by atoms with Crippen LogP contribution in [0.15, 0.2) is 53.1 Å². The lowest BCUT2D eigenvalue weighted by Crippen LogP contribution is -2.31. The Hall–Kier alpha value is -2.79. The van der Waals surface area contributed by atoms with Crippen molar-refractivity contribution in [1.29, 1.82) is 0 Å². The highest BCUT2D eigenvalue weighted by Gasteiger charge is 2.15. The molecule has 0 radical (unpaired) electrons. The number of amides is 1. The van der Waals surface area contributed by atoms with Crippen LogP contribution in [-0.2, 0) is 20.7 Å². The van der Waals surface area contributed by atoms with Crippen molar-refractivity contribution in [3.05, 3.63) is 70.4 Å². The Morgan fingerprint density at radius 2 is 2.00 bits per heavy atom. The van der Waals surface area contributed by atoms with Gasteiger partial charge in [-0.05, 0) is 37.1 Å². The number of furan rings is 1. The molecule has 0 fully saturated rings. The molecule has 3 aromatic rings. The van der Waals surface area contributed by atoms with Crippen molar-refractivity contribution in [3.8, 4) is 0 Å². The molecule has 0 saturated carbocycles. The summed E-state index contributed by atoms with van der Waals surface area (Å²) in [7, 11) is 0. The second kappa shape index (κ2) is 8.27. The third kappa shape index (κ3) is 4.68. The van der Waals surface area contributed by atoms with E-state index in [2.05, 4.69) is 5.32 Å². The number of nitrogens with one attached hydrogen (secondary N) is 1. The van der Waals surface area contributed by atoms with Crippen LogP contribution in [0.3, 0.4) is 0 Å². The molecule has 0 aliphatic carbocycles. The molecule has 0 spiro atoms. The molecule has 1 heterocycles. The van der Waals surface area contributed by atoms with Crippen molar-refractivity contribution in [2.45, 2.75) is 26.3 Å². The molecule has 0 aliphatic rings. The van der Waals surface area contributed by atoms with E-state index in [0.717, 1.165) is 27.7 Å². The summed E-state index contributed by atoms with van der Waals surface area (Å²) < 4.78 is 10.6. The number of carbonyl (C=O) groups excluding carboxylic acids is 2. The van der Waals surface area contributed by atoms with Crippen LogP contribution in [0.5, 0.6) is 0 Å².